The maximum atomic E-state index is 12.3. The number of fused-ring (bicyclic) bond motifs is 2. The monoisotopic (exact) mass is 276 g/mol. The Morgan fingerprint density at radius 2 is 2.35 bits per heavy atom. The van der Waals surface area contributed by atoms with E-state index in [0.29, 0.717) is 12.6 Å². The van der Waals surface area contributed by atoms with Crippen LogP contribution in [-0.2, 0) is 11.3 Å². The standard InChI is InChI=1S/C15H24N4O/c1-12-16-5-6-18(12)8-7-17(2)15(20)11-19-10-13-3-4-14(19)9-13/h5-6,13-14H,3-4,7-11H2,1-2H3/t13-,14+/m1/s1. The van der Waals surface area contributed by atoms with Crippen molar-refractivity contribution >= 4 is 5.91 Å². The van der Waals surface area contributed by atoms with Crippen molar-refractivity contribution in [2.45, 2.75) is 38.8 Å². The minimum atomic E-state index is 0.246. The summed E-state index contributed by atoms with van der Waals surface area (Å²) < 4.78 is 2.08. The van der Waals surface area contributed by atoms with Crippen molar-refractivity contribution in [2.24, 2.45) is 5.92 Å². The highest BCUT2D eigenvalue weighted by atomic mass is 16.2. The normalized spacial score (nSPS) is 25.3. The quantitative estimate of drug-likeness (QED) is 0.809. The zero-order chi connectivity index (χ0) is 14.1. The fraction of sp³-hybridized carbons (Fsp3) is 0.733. The Bertz CT molecular complexity index is 484. The SMILES string of the molecule is Cc1nccn1CCN(C)C(=O)CN1C[C@@H]2CC[C@H]1C2. The number of rotatable bonds is 5. The van der Waals surface area contributed by atoms with E-state index in [0.717, 1.165) is 31.4 Å². The van der Waals surface area contributed by atoms with Gasteiger partial charge in [-0.1, -0.05) is 0 Å². The lowest BCUT2D eigenvalue weighted by molar-refractivity contribution is -0.131. The largest absolute Gasteiger partial charge is 0.343 e. The lowest BCUT2D eigenvalue weighted by atomic mass is 10.1. The summed E-state index contributed by atoms with van der Waals surface area (Å²) in [6.45, 7) is 5.28. The third kappa shape index (κ3) is 2.73. The molecule has 1 saturated heterocycles. The molecule has 3 rings (SSSR count). The molecule has 1 aromatic heterocycles. The van der Waals surface area contributed by atoms with Gasteiger partial charge >= 0.3 is 0 Å². The van der Waals surface area contributed by atoms with E-state index in [1.165, 1.54) is 19.3 Å². The van der Waals surface area contributed by atoms with E-state index < -0.39 is 0 Å². The Kier molecular flexibility index (Phi) is 3.78. The van der Waals surface area contributed by atoms with Crippen LogP contribution < -0.4 is 0 Å². The number of likely N-dealkylation sites (N-methyl/N-ethyl adjacent to an activating group) is 1. The molecule has 1 aliphatic heterocycles. The minimum absolute atomic E-state index is 0.246. The summed E-state index contributed by atoms with van der Waals surface area (Å²) in [5.74, 6) is 2.10. The van der Waals surface area contributed by atoms with E-state index in [1.54, 1.807) is 6.20 Å². The third-order valence-electron chi connectivity index (χ3n) is 4.89. The predicted molar refractivity (Wildman–Crippen MR) is 77.3 cm³/mol. The smallest absolute Gasteiger partial charge is 0.236 e. The zero-order valence-corrected chi connectivity index (χ0v) is 12.5. The van der Waals surface area contributed by atoms with Gasteiger partial charge in [0.15, 0.2) is 0 Å². The van der Waals surface area contributed by atoms with E-state index in [4.69, 9.17) is 0 Å². The lowest BCUT2D eigenvalue weighted by Gasteiger charge is -2.28. The van der Waals surface area contributed by atoms with Crippen molar-refractivity contribution in [3.63, 3.8) is 0 Å². The average molecular weight is 276 g/mol. The second kappa shape index (κ2) is 5.56. The van der Waals surface area contributed by atoms with Crippen LogP contribution in [0.4, 0.5) is 0 Å². The fourth-order valence-electron chi connectivity index (χ4n) is 3.54. The van der Waals surface area contributed by atoms with Gasteiger partial charge in [-0.15, -0.1) is 0 Å². The van der Waals surface area contributed by atoms with Gasteiger partial charge in [0.05, 0.1) is 6.54 Å². The van der Waals surface area contributed by atoms with E-state index in [1.807, 2.05) is 25.1 Å². The molecule has 110 valence electrons. The van der Waals surface area contributed by atoms with E-state index in [2.05, 4.69) is 14.5 Å². The van der Waals surface area contributed by atoms with Crippen LogP contribution in [0.1, 0.15) is 25.1 Å². The number of carbonyl (C=O) groups excluding carboxylic acids is 1. The molecule has 2 atom stereocenters. The number of hydrogen-bond acceptors (Lipinski definition) is 3. The maximum absolute atomic E-state index is 12.3. The average Bonchev–Trinajstić information content (AvgIpc) is 3.12. The van der Waals surface area contributed by atoms with Crippen molar-refractivity contribution in [1.82, 2.24) is 19.4 Å². The van der Waals surface area contributed by atoms with Crippen LogP contribution in [0.25, 0.3) is 0 Å². The Labute approximate surface area is 120 Å². The molecule has 5 heteroatoms. The van der Waals surface area contributed by atoms with Crippen molar-refractivity contribution in [1.29, 1.82) is 0 Å². The second-order valence-electron chi connectivity index (χ2n) is 6.25. The van der Waals surface area contributed by atoms with Crippen molar-refractivity contribution in [3.05, 3.63) is 18.2 Å². The number of carbonyl (C=O) groups is 1. The molecule has 2 aliphatic rings. The molecule has 0 aromatic carbocycles. The Morgan fingerprint density at radius 3 is 2.95 bits per heavy atom. The summed E-state index contributed by atoms with van der Waals surface area (Å²) in [5.41, 5.74) is 0. The number of likely N-dealkylation sites (tertiary alicyclic amines) is 1. The molecular formula is C15H24N4O. The third-order valence-corrected chi connectivity index (χ3v) is 4.89. The molecule has 0 N–H and O–H groups in total. The van der Waals surface area contributed by atoms with Crippen molar-refractivity contribution in [3.8, 4) is 0 Å². The summed E-state index contributed by atoms with van der Waals surface area (Å²) in [5, 5.41) is 0. The number of amides is 1. The summed E-state index contributed by atoms with van der Waals surface area (Å²) in [4.78, 5) is 20.7. The highest BCUT2D eigenvalue weighted by molar-refractivity contribution is 5.78. The van der Waals surface area contributed by atoms with Crippen LogP contribution in [0, 0.1) is 12.8 Å². The van der Waals surface area contributed by atoms with Gasteiger partial charge in [-0.3, -0.25) is 9.69 Å². The topological polar surface area (TPSA) is 41.4 Å². The summed E-state index contributed by atoms with van der Waals surface area (Å²) in [6, 6.07) is 0.674. The van der Waals surface area contributed by atoms with E-state index in [-0.39, 0.29) is 5.91 Å². The summed E-state index contributed by atoms with van der Waals surface area (Å²) in [6.07, 6.45) is 7.73. The molecule has 2 heterocycles. The van der Waals surface area contributed by atoms with Crippen LogP contribution in [0.5, 0.6) is 0 Å². The maximum Gasteiger partial charge on any atom is 0.236 e. The Balaban J connectivity index is 1.46. The van der Waals surface area contributed by atoms with E-state index >= 15 is 0 Å². The molecule has 1 saturated carbocycles. The lowest BCUT2D eigenvalue weighted by Crippen LogP contribution is -2.42. The first-order valence-corrected chi connectivity index (χ1v) is 7.59. The van der Waals surface area contributed by atoms with Crippen LogP contribution >= 0.6 is 0 Å². The van der Waals surface area contributed by atoms with Crippen LogP contribution in [0.2, 0.25) is 0 Å². The van der Waals surface area contributed by atoms with Gasteiger partial charge < -0.3 is 9.47 Å². The number of hydrogen-bond donors (Lipinski definition) is 0. The number of imidazole rings is 1. The Morgan fingerprint density at radius 1 is 1.50 bits per heavy atom. The predicted octanol–water partition coefficient (Wildman–Crippen LogP) is 1.13. The van der Waals surface area contributed by atoms with Gasteiger partial charge in [0.25, 0.3) is 0 Å². The van der Waals surface area contributed by atoms with Crippen LogP contribution in [0.3, 0.4) is 0 Å². The van der Waals surface area contributed by atoms with Gasteiger partial charge in [0.1, 0.15) is 5.82 Å². The molecule has 0 unspecified atom stereocenters. The minimum Gasteiger partial charge on any atom is -0.343 e. The molecule has 20 heavy (non-hydrogen) atoms. The van der Waals surface area contributed by atoms with Gasteiger partial charge in [-0.25, -0.2) is 4.98 Å². The second-order valence-corrected chi connectivity index (χ2v) is 6.25. The number of piperidine rings is 1. The summed E-state index contributed by atoms with van der Waals surface area (Å²) >= 11 is 0. The molecule has 2 fully saturated rings. The van der Waals surface area contributed by atoms with Gasteiger partial charge in [0, 0.05) is 45.1 Å². The van der Waals surface area contributed by atoms with Crippen molar-refractivity contribution in [2.75, 3.05) is 26.7 Å². The first-order chi connectivity index (χ1) is 9.63. The number of nitrogens with zero attached hydrogens (tertiary/aromatic N) is 4. The molecular weight excluding hydrogens is 252 g/mol. The number of aromatic nitrogens is 2. The van der Waals surface area contributed by atoms with Crippen LogP contribution in [0.15, 0.2) is 12.4 Å². The molecule has 2 bridgehead atoms. The van der Waals surface area contributed by atoms with E-state index in [9.17, 15) is 4.79 Å². The Hall–Kier alpha value is -1.36. The molecule has 0 spiro atoms. The molecule has 1 aromatic rings. The molecule has 0 radical (unpaired) electrons. The van der Waals surface area contributed by atoms with Gasteiger partial charge in [-0.2, -0.15) is 0 Å². The van der Waals surface area contributed by atoms with Crippen molar-refractivity contribution < 1.29 is 4.79 Å². The first-order valence-electron chi connectivity index (χ1n) is 7.59. The van der Waals surface area contributed by atoms with Gasteiger partial charge in [-0.05, 0) is 32.1 Å². The highest BCUT2D eigenvalue weighted by Crippen LogP contribution is 2.36. The molecule has 5 nitrogen and oxygen atoms in total. The fourth-order valence-corrected chi connectivity index (χ4v) is 3.54. The summed E-state index contributed by atoms with van der Waals surface area (Å²) in [7, 11) is 1.91. The van der Waals surface area contributed by atoms with Crippen LogP contribution in [-0.4, -0.2) is 58.0 Å². The first kappa shape index (κ1) is 13.6. The number of aryl methyl sites for hydroxylation is 1. The zero-order valence-electron chi connectivity index (χ0n) is 12.5. The molecule has 1 amide bonds. The molecule has 1 aliphatic carbocycles. The van der Waals surface area contributed by atoms with Gasteiger partial charge in [0.2, 0.25) is 5.91 Å². The highest BCUT2D eigenvalue weighted by Gasteiger charge is 2.38.